The van der Waals surface area contributed by atoms with E-state index in [4.69, 9.17) is 5.11 Å². The first-order chi connectivity index (χ1) is 9.28. The van der Waals surface area contributed by atoms with Gasteiger partial charge in [-0.3, -0.25) is 4.79 Å². The zero-order valence-corrected chi connectivity index (χ0v) is 11.4. The lowest BCUT2D eigenvalue weighted by molar-refractivity contribution is -0.121. The summed E-state index contributed by atoms with van der Waals surface area (Å²) in [6.45, 7) is 0.598. The van der Waals surface area contributed by atoms with Crippen LogP contribution in [0.4, 0.5) is 0 Å². The Morgan fingerprint density at radius 1 is 1.26 bits per heavy atom. The van der Waals surface area contributed by atoms with Crippen LogP contribution in [0.1, 0.15) is 49.7 Å². The van der Waals surface area contributed by atoms with Crippen molar-refractivity contribution in [2.24, 2.45) is 5.92 Å². The van der Waals surface area contributed by atoms with Gasteiger partial charge in [-0.2, -0.15) is 0 Å². The van der Waals surface area contributed by atoms with Crippen LogP contribution in [0.25, 0.3) is 0 Å². The molecule has 3 nitrogen and oxygen atoms in total. The SMILES string of the molecule is O=C(CCC1CCCC1)NCc1cccc(CO)c1. The van der Waals surface area contributed by atoms with E-state index < -0.39 is 0 Å². The van der Waals surface area contributed by atoms with E-state index >= 15 is 0 Å². The monoisotopic (exact) mass is 261 g/mol. The normalized spacial score (nSPS) is 15.6. The van der Waals surface area contributed by atoms with Crippen LogP contribution in [0.5, 0.6) is 0 Å². The predicted octanol–water partition coefficient (Wildman–Crippen LogP) is 2.77. The van der Waals surface area contributed by atoms with Crippen molar-refractivity contribution >= 4 is 5.91 Å². The van der Waals surface area contributed by atoms with Crippen molar-refractivity contribution in [3.05, 3.63) is 35.4 Å². The second kappa shape index (κ2) is 7.29. The minimum absolute atomic E-state index is 0.0451. The van der Waals surface area contributed by atoms with Gasteiger partial charge in [-0.1, -0.05) is 49.9 Å². The molecule has 0 aliphatic heterocycles. The molecule has 1 aliphatic carbocycles. The Balaban J connectivity index is 1.70. The van der Waals surface area contributed by atoms with E-state index in [1.54, 1.807) is 0 Å². The maximum absolute atomic E-state index is 11.8. The van der Waals surface area contributed by atoms with Gasteiger partial charge in [-0.15, -0.1) is 0 Å². The van der Waals surface area contributed by atoms with Crippen molar-refractivity contribution in [3.8, 4) is 0 Å². The molecule has 0 unspecified atom stereocenters. The molecule has 1 aliphatic rings. The molecule has 0 atom stereocenters. The quantitative estimate of drug-likeness (QED) is 0.827. The molecule has 0 spiro atoms. The Bertz CT molecular complexity index is 411. The molecule has 0 aromatic heterocycles. The van der Waals surface area contributed by atoms with E-state index in [0.717, 1.165) is 23.5 Å². The highest BCUT2D eigenvalue weighted by Gasteiger charge is 2.15. The van der Waals surface area contributed by atoms with Crippen molar-refractivity contribution in [2.75, 3.05) is 0 Å². The van der Waals surface area contributed by atoms with Crippen molar-refractivity contribution in [1.29, 1.82) is 0 Å². The van der Waals surface area contributed by atoms with Crippen LogP contribution in [0.3, 0.4) is 0 Å². The van der Waals surface area contributed by atoms with Gasteiger partial charge in [-0.05, 0) is 23.5 Å². The predicted molar refractivity (Wildman–Crippen MR) is 75.4 cm³/mol. The van der Waals surface area contributed by atoms with E-state index in [1.807, 2.05) is 24.3 Å². The fourth-order valence-corrected chi connectivity index (χ4v) is 2.76. The van der Waals surface area contributed by atoms with Gasteiger partial charge >= 0.3 is 0 Å². The van der Waals surface area contributed by atoms with Crippen LogP contribution < -0.4 is 5.32 Å². The topological polar surface area (TPSA) is 49.3 Å². The van der Waals surface area contributed by atoms with Gasteiger partial charge in [0, 0.05) is 13.0 Å². The molecule has 0 bridgehead atoms. The molecule has 1 fully saturated rings. The molecule has 1 aromatic carbocycles. The fourth-order valence-electron chi connectivity index (χ4n) is 2.76. The lowest BCUT2D eigenvalue weighted by Gasteiger charge is -2.09. The fraction of sp³-hybridized carbons (Fsp3) is 0.562. The number of rotatable bonds is 6. The summed E-state index contributed by atoms with van der Waals surface area (Å²) >= 11 is 0. The highest BCUT2D eigenvalue weighted by molar-refractivity contribution is 5.75. The third-order valence-electron chi connectivity index (χ3n) is 3.92. The van der Waals surface area contributed by atoms with Crippen LogP contribution in [-0.4, -0.2) is 11.0 Å². The van der Waals surface area contributed by atoms with Crippen molar-refractivity contribution < 1.29 is 9.90 Å². The van der Waals surface area contributed by atoms with E-state index in [2.05, 4.69) is 5.32 Å². The summed E-state index contributed by atoms with van der Waals surface area (Å²) in [6, 6.07) is 7.69. The van der Waals surface area contributed by atoms with E-state index in [0.29, 0.717) is 13.0 Å². The van der Waals surface area contributed by atoms with Crippen LogP contribution >= 0.6 is 0 Å². The summed E-state index contributed by atoms with van der Waals surface area (Å²) in [6.07, 6.45) is 6.94. The van der Waals surface area contributed by atoms with E-state index in [-0.39, 0.29) is 12.5 Å². The van der Waals surface area contributed by atoms with Crippen molar-refractivity contribution in [1.82, 2.24) is 5.32 Å². The standard InChI is InChI=1S/C16H23NO2/c18-12-15-7-3-6-14(10-15)11-17-16(19)9-8-13-4-1-2-5-13/h3,6-7,10,13,18H,1-2,4-5,8-9,11-12H2,(H,17,19). The number of benzene rings is 1. The molecular formula is C16H23NO2. The average Bonchev–Trinajstić information content (AvgIpc) is 2.96. The molecule has 2 N–H and O–H groups in total. The smallest absolute Gasteiger partial charge is 0.220 e. The first kappa shape index (κ1) is 14.1. The molecule has 19 heavy (non-hydrogen) atoms. The Morgan fingerprint density at radius 2 is 2.00 bits per heavy atom. The average molecular weight is 261 g/mol. The third-order valence-corrected chi connectivity index (χ3v) is 3.92. The molecule has 1 aromatic rings. The zero-order valence-electron chi connectivity index (χ0n) is 11.4. The lowest BCUT2D eigenvalue weighted by Crippen LogP contribution is -2.23. The van der Waals surface area contributed by atoms with Gasteiger partial charge in [0.1, 0.15) is 0 Å². The Hall–Kier alpha value is -1.35. The summed E-state index contributed by atoms with van der Waals surface area (Å²) in [7, 11) is 0. The summed E-state index contributed by atoms with van der Waals surface area (Å²) in [5.74, 6) is 0.907. The highest BCUT2D eigenvalue weighted by Crippen LogP contribution is 2.28. The van der Waals surface area contributed by atoms with Crippen molar-refractivity contribution in [3.63, 3.8) is 0 Å². The molecule has 1 saturated carbocycles. The minimum atomic E-state index is 0.0451. The molecule has 0 radical (unpaired) electrons. The van der Waals surface area contributed by atoms with Crippen molar-refractivity contribution in [2.45, 2.75) is 51.7 Å². The summed E-state index contributed by atoms with van der Waals surface area (Å²) in [5.41, 5.74) is 1.93. The van der Waals surface area contributed by atoms with Gasteiger partial charge in [0.2, 0.25) is 5.91 Å². The lowest BCUT2D eigenvalue weighted by atomic mass is 10.0. The number of aliphatic hydroxyl groups excluding tert-OH is 1. The molecule has 0 heterocycles. The van der Waals surface area contributed by atoms with Gasteiger partial charge in [0.15, 0.2) is 0 Å². The van der Waals surface area contributed by atoms with E-state index in [1.165, 1.54) is 25.7 Å². The number of carbonyl (C=O) groups excluding carboxylic acids is 1. The number of hydrogen-bond donors (Lipinski definition) is 2. The zero-order chi connectivity index (χ0) is 13.5. The largest absolute Gasteiger partial charge is 0.392 e. The summed E-state index contributed by atoms with van der Waals surface area (Å²) in [5, 5.41) is 12.0. The van der Waals surface area contributed by atoms with Crippen LogP contribution in [0.15, 0.2) is 24.3 Å². The molecule has 3 heteroatoms. The Morgan fingerprint density at radius 3 is 2.74 bits per heavy atom. The highest BCUT2D eigenvalue weighted by atomic mass is 16.3. The minimum Gasteiger partial charge on any atom is -0.392 e. The number of amides is 1. The van der Waals surface area contributed by atoms with Gasteiger partial charge in [0.05, 0.1) is 6.61 Å². The molecular weight excluding hydrogens is 238 g/mol. The molecule has 1 amide bonds. The number of nitrogens with one attached hydrogen (secondary N) is 1. The molecule has 2 rings (SSSR count). The molecule has 104 valence electrons. The Kier molecular flexibility index (Phi) is 5.40. The molecule has 0 saturated heterocycles. The van der Waals surface area contributed by atoms with Gasteiger partial charge in [-0.25, -0.2) is 0 Å². The van der Waals surface area contributed by atoms with Gasteiger partial charge < -0.3 is 10.4 Å². The first-order valence-electron chi connectivity index (χ1n) is 7.23. The summed E-state index contributed by atoms with van der Waals surface area (Å²) < 4.78 is 0. The first-order valence-corrected chi connectivity index (χ1v) is 7.23. The van der Waals surface area contributed by atoms with Crippen LogP contribution in [0, 0.1) is 5.92 Å². The van der Waals surface area contributed by atoms with Gasteiger partial charge in [0.25, 0.3) is 0 Å². The second-order valence-corrected chi connectivity index (χ2v) is 5.44. The Labute approximate surface area is 115 Å². The number of aliphatic hydroxyl groups is 1. The number of carbonyl (C=O) groups is 1. The second-order valence-electron chi connectivity index (χ2n) is 5.44. The summed E-state index contributed by atoms with van der Waals surface area (Å²) in [4.78, 5) is 11.8. The maximum atomic E-state index is 11.8. The third kappa shape index (κ3) is 4.67. The van der Waals surface area contributed by atoms with Crippen LogP contribution in [0.2, 0.25) is 0 Å². The van der Waals surface area contributed by atoms with E-state index in [9.17, 15) is 4.79 Å². The maximum Gasteiger partial charge on any atom is 0.220 e. The number of hydrogen-bond acceptors (Lipinski definition) is 2. The van der Waals surface area contributed by atoms with Crippen LogP contribution in [-0.2, 0) is 17.9 Å².